The van der Waals surface area contributed by atoms with Gasteiger partial charge in [-0.05, 0) is 47.0 Å². The Hall–Kier alpha value is -4.06. The third-order valence-electron chi connectivity index (χ3n) is 6.92. The molecule has 0 saturated heterocycles. The number of hydrogen-bond acceptors (Lipinski definition) is 4. The summed E-state index contributed by atoms with van der Waals surface area (Å²) in [5, 5.41) is 11.8. The van der Waals surface area contributed by atoms with Crippen molar-refractivity contribution < 1.29 is 19.4 Å². The molecule has 0 atom stereocenters. The number of carbonyl (C=O) groups is 1. The molecule has 4 aromatic carbocycles. The Labute approximate surface area is 233 Å². The molecule has 1 heterocycles. The van der Waals surface area contributed by atoms with Gasteiger partial charge in [-0.15, -0.1) is 0 Å². The molecular formula is C33H30ClNO4. The number of para-hydroxylation sites is 1. The molecule has 0 aliphatic heterocycles. The highest BCUT2D eigenvalue weighted by molar-refractivity contribution is 6.31. The van der Waals surface area contributed by atoms with Crippen LogP contribution in [-0.2, 0) is 17.6 Å². The molecule has 0 fully saturated rings. The Morgan fingerprint density at radius 2 is 1.51 bits per heavy atom. The molecule has 1 aromatic heterocycles. The number of nitrogens with zero attached hydrogens (tertiary/aromatic N) is 1. The van der Waals surface area contributed by atoms with Crippen molar-refractivity contribution in [2.24, 2.45) is 0 Å². The average molecular weight is 540 g/mol. The van der Waals surface area contributed by atoms with E-state index in [4.69, 9.17) is 21.1 Å². The number of hydrogen-bond donors (Lipinski definition) is 1. The molecule has 39 heavy (non-hydrogen) atoms. The largest absolute Gasteiger partial charge is 0.492 e. The van der Waals surface area contributed by atoms with Gasteiger partial charge in [-0.1, -0.05) is 84.4 Å². The summed E-state index contributed by atoms with van der Waals surface area (Å²) in [6.45, 7) is 0.332. The fraction of sp³-hybridized carbons (Fsp3) is 0.182. The van der Waals surface area contributed by atoms with Crippen LogP contribution in [0.4, 0.5) is 0 Å². The normalized spacial score (nSPS) is 11.2. The van der Waals surface area contributed by atoms with E-state index in [1.165, 1.54) is 7.11 Å². The first-order valence-corrected chi connectivity index (χ1v) is 13.3. The number of halogens is 1. The molecule has 1 N–H and O–H groups in total. The zero-order valence-electron chi connectivity index (χ0n) is 21.7. The lowest BCUT2D eigenvalue weighted by Crippen LogP contribution is -2.17. The third-order valence-corrected chi connectivity index (χ3v) is 7.16. The minimum Gasteiger partial charge on any atom is -0.492 e. The van der Waals surface area contributed by atoms with E-state index in [2.05, 4.69) is 28.8 Å². The number of carbonyl (C=O) groups excluding carboxylic acids is 1. The molecule has 6 heteroatoms. The Kier molecular flexibility index (Phi) is 8.30. The maximum atomic E-state index is 12.2. The van der Waals surface area contributed by atoms with Gasteiger partial charge in [0.15, 0.2) is 0 Å². The highest BCUT2D eigenvalue weighted by Crippen LogP contribution is 2.37. The molecule has 5 aromatic rings. The van der Waals surface area contributed by atoms with Gasteiger partial charge < -0.3 is 19.1 Å². The summed E-state index contributed by atoms with van der Waals surface area (Å²) in [6.07, 6.45) is 1.03. The second kappa shape index (κ2) is 12.2. The van der Waals surface area contributed by atoms with E-state index in [1.807, 2.05) is 60.7 Å². The minimum atomic E-state index is -0.441. The number of fused-ring (bicyclic) bond motifs is 1. The van der Waals surface area contributed by atoms with Crippen LogP contribution in [0.1, 0.15) is 38.8 Å². The molecule has 198 valence electrons. The number of benzene rings is 4. The second-order valence-electron chi connectivity index (χ2n) is 9.24. The van der Waals surface area contributed by atoms with Gasteiger partial charge in [0.1, 0.15) is 11.3 Å². The van der Waals surface area contributed by atoms with Crippen molar-refractivity contribution in [3.63, 3.8) is 0 Å². The van der Waals surface area contributed by atoms with Gasteiger partial charge in [0.25, 0.3) is 0 Å². The standard InChI is InChI=1S/C33H30ClNO4/c1-38-33(37)27-14-8-9-15-31(27)39-21-19-26-28-22-25(34)16-17-29(28)35(30(26)18-20-36)32(23-10-4-2-5-11-23)24-12-6-3-7-13-24/h2-17,22,32,36H,18-21H2,1H3. The summed E-state index contributed by atoms with van der Waals surface area (Å²) in [5.74, 6) is 0.0322. The Morgan fingerprint density at radius 1 is 0.872 bits per heavy atom. The Morgan fingerprint density at radius 3 is 2.15 bits per heavy atom. The Balaban J connectivity index is 1.62. The summed E-state index contributed by atoms with van der Waals surface area (Å²) in [4.78, 5) is 12.2. The van der Waals surface area contributed by atoms with Crippen molar-refractivity contribution in [2.75, 3.05) is 20.3 Å². The molecule has 0 saturated carbocycles. The number of aliphatic hydroxyl groups is 1. The molecule has 5 nitrogen and oxygen atoms in total. The molecule has 5 rings (SSSR count). The summed E-state index contributed by atoms with van der Waals surface area (Å²) in [6, 6.07) is 33.7. The number of rotatable bonds is 10. The van der Waals surface area contributed by atoms with Crippen LogP contribution >= 0.6 is 11.6 Å². The van der Waals surface area contributed by atoms with Crippen molar-refractivity contribution >= 4 is 28.5 Å². The zero-order valence-corrected chi connectivity index (χ0v) is 22.5. The maximum Gasteiger partial charge on any atom is 0.341 e. The number of aliphatic hydroxyl groups excluding tert-OH is 1. The van der Waals surface area contributed by atoms with Crippen molar-refractivity contribution in [1.29, 1.82) is 0 Å². The van der Waals surface area contributed by atoms with Crippen LogP contribution in [0.15, 0.2) is 103 Å². The average Bonchev–Trinajstić information content (AvgIpc) is 3.26. The van der Waals surface area contributed by atoms with Gasteiger partial charge in [0.2, 0.25) is 0 Å². The number of esters is 1. The van der Waals surface area contributed by atoms with Crippen LogP contribution < -0.4 is 4.74 Å². The first-order chi connectivity index (χ1) is 19.1. The topological polar surface area (TPSA) is 60.7 Å². The summed E-state index contributed by atoms with van der Waals surface area (Å²) in [5.41, 5.74) is 5.79. The SMILES string of the molecule is COC(=O)c1ccccc1OCCc1c(CCO)n(C(c2ccccc2)c2ccccc2)c2ccc(Cl)cc12. The third kappa shape index (κ3) is 5.56. The lowest BCUT2D eigenvalue weighted by Gasteiger charge is -2.24. The summed E-state index contributed by atoms with van der Waals surface area (Å²) >= 11 is 6.50. The molecule has 0 aliphatic carbocycles. The fourth-order valence-corrected chi connectivity index (χ4v) is 5.42. The van der Waals surface area contributed by atoms with Crippen molar-refractivity contribution in [3.8, 4) is 5.75 Å². The quantitative estimate of drug-likeness (QED) is 0.197. The molecule has 0 spiro atoms. The van der Waals surface area contributed by atoms with Crippen molar-refractivity contribution in [1.82, 2.24) is 4.57 Å². The first kappa shape index (κ1) is 26.5. The first-order valence-electron chi connectivity index (χ1n) is 12.9. The molecule has 0 aliphatic rings. The van der Waals surface area contributed by atoms with E-state index < -0.39 is 5.97 Å². The summed E-state index contributed by atoms with van der Waals surface area (Å²) in [7, 11) is 1.36. The molecule has 0 amide bonds. The van der Waals surface area contributed by atoms with E-state index in [9.17, 15) is 9.90 Å². The highest BCUT2D eigenvalue weighted by Gasteiger charge is 2.25. The van der Waals surface area contributed by atoms with E-state index in [-0.39, 0.29) is 12.6 Å². The van der Waals surface area contributed by atoms with E-state index in [1.54, 1.807) is 18.2 Å². The highest BCUT2D eigenvalue weighted by atomic mass is 35.5. The summed E-state index contributed by atoms with van der Waals surface area (Å²) < 4.78 is 13.3. The van der Waals surface area contributed by atoms with E-state index >= 15 is 0 Å². The fourth-order valence-electron chi connectivity index (χ4n) is 5.25. The van der Waals surface area contributed by atoms with Crippen LogP contribution in [0.25, 0.3) is 10.9 Å². The predicted molar refractivity (Wildman–Crippen MR) is 155 cm³/mol. The molecule has 0 radical (unpaired) electrons. The second-order valence-corrected chi connectivity index (χ2v) is 9.68. The van der Waals surface area contributed by atoms with Crippen LogP contribution in [0.2, 0.25) is 5.02 Å². The van der Waals surface area contributed by atoms with E-state index in [0.29, 0.717) is 35.8 Å². The van der Waals surface area contributed by atoms with Gasteiger partial charge in [-0.25, -0.2) is 4.79 Å². The number of aromatic nitrogens is 1. The van der Waals surface area contributed by atoms with Crippen molar-refractivity contribution in [2.45, 2.75) is 18.9 Å². The maximum absolute atomic E-state index is 12.2. The zero-order chi connectivity index (χ0) is 27.2. The van der Waals surface area contributed by atoms with Crippen LogP contribution in [0, 0.1) is 0 Å². The van der Waals surface area contributed by atoms with Gasteiger partial charge in [0, 0.05) is 41.1 Å². The monoisotopic (exact) mass is 539 g/mol. The van der Waals surface area contributed by atoms with Crippen LogP contribution in [0.3, 0.4) is 0 Å². The van der Waals surface area contributed by atoms with Gasteiger partial charge in [0.05, 0.1) is 19.8 Å². The lowest BCUT2D eigenvalue weighted by molar-refractivity contribution is 0.0596. The number of ether oxygens (including phenoxy) is 2. The van der Waals surface area contributed by atoms with Crippen molar-refractivity contribution in [3.05, 3.63) is 136 Å². The minimum absolute atomic E-state index is 0.000610. The molecular weight excluding hydrogens is 510 g/mol. The Bertz CT molecular complexity index is 1520. The number of methoxy groups -OCH3 is 1. The van der Waals surface area contributed by atoms with Gasteiger partial charge >= 0.3 is 5.97 Å². The molecule has 0 bridgehead atoms. The van der Waals surface area contributed by atoms with Crippen LogP contribution in [0.5, 0.6) is 5.75 Å². The van der Waals surface area contributed by atoms with Gasteiger partial charge in [-0.2, -0.15) is 0 Å². The van der Waals surface area contributed by atoms with Gasteiger partial charge in [-0.3, -0.25) is 0 Å². The lowest BCUT2D eigenvalue weighted by atomic mass is 9.97. The predicted octanol–water partition coefficient (Wildman–Crippen LogP) is 6.88. The van der Waals surface area contributed by atoms with Crippen LogP contribution in [-0.4, -0.2) is 36.0 Å². The smallest absolute Gasteiger partial charge is 0.341 e. The molecule has 0 unspecified atom stereocenters. The van der Waals surface area contributed by atoms with E-state index in [0.717, 1.165) is 33.3 Å².